The molecule has 0 fully saturated rings. The maximum Gasteiger partial charge on any atom is 0.335 e. The molecule has 0 aliphatic heterocycles. The maximum absolute atomic E-state index is 11.6. The van der Waals surface area contributed by atoms with Crippen molar-refractivity contribution in [3.63, 3.8) is 0 Å². The van der Waals surface area contributed by atoms with Gasteiger partial charge in [0.1, 0.15) is 5.75 Å². The lowest BCUT2D eigenvalue weighted by Gasteiger charge is -2.04. The predicted octanol–water partition coefficient (Wildman–Crippen LogP) is 4.04. The molecule has 0 aliphatic carbocycles. The van der Waals surface area contributed by atoms with Crippen molar-refractivity contribution in [2.24, 2.45) is 0 Å². The Morgan fingerprint density at radius 3 is 2.20 bits per heavy atom. The Labute approximate surface area is 119 Å². The number of aromatic carboxylic acids is 1. The number of carboxylic acids is 1. The number of carbonyl (C=O) groups is 2. The van der Waals surface area contributed by atoms with Gasteiger partial charge in [-0.25, -0.2) is 4.79 Å². The average molecular weight is 278 g/mol. The van der Waals surface area contributed by atoms with Crippen molar-refractivity contribution in [1.82, 2.24) is 0 Å². The number of hydrogen-bond donors (Lipinski definition) is 1. The van der Waals surface area contributed by atoms with Crippen molar-refractivity contribution in [2.75, 3.05) is 0 Å². The topological polar surface area (TPSA) is 63.6 Å². The Kier molecular flexibility index (Phi) is 7.40. The molecule has 1 N–H and O–H groups in total. The second-order valence-electron chi connectivity index (χ2n) is 4.82. The molecule has 110 valence electrons. The second-order valence-corrected chi connectivity index (χ2v) is 4.82. The van der Waals surface area contributed by atoms with E-state index in [1.807, 2.05) is 0 Å². The van der Waals surface area contributed by atoms with E-state index in [-0.39, 0.29) is 11.5 Å². The van der Waals surface area contributed by atoms with Crippen molar-refractivity contribution < 1.29 is 19.4 Å². The van der Waals surface area contributed by atoms with E-state index in [0.29, 0.717) is 12.2 Å². The molecule has 1 aromatic rings. The third kappa shape index (κ3) is 6.36. The van der Waals surface area contributed by atoms with Gasteiger partial charge in [-0.15, -0.1) is 0 Å². The Morgan fingerprint density at radius 1 is 1.00 bits per heavy atom. The molecule has 0 saturated heterocycles. The molecule has 0 unspecified atom stereocenters. The summed E-state index contributed by atoms with van der Waals surface area (Å²) in [6.07, 6.45) is 7.15. The number of benzene rings is 1. The van der Waals surface area contributed by atoms with Crippen LogP contribution in [0.2, 0.25) is 0 Å². The van der Waals surface area contributed by atoms with E-state index < -0.39 is 5.97 Å². The lowest BCUT2D eigenvalue weighted by molar-refractivity contribution is -0.134. The number of carboxylic acid groups (broad SMARTS) is 1. The monoisotopic (exact) mass is 278 g/mol. The summed E-state index contributed by atoms with van der Waals surface area (Å²) in [5.74, 6) is -0.857. The fourth-order valence-electron chi connectivity index (χ4n) is 1.90. The van der Waals surface area contributed by atoms with Crippen molar-refractivity contribution in [1.29, 1.82) is 0 Å². The van der Waals surface area contributed by atoms with Gasteiger partial charge in [0.25, 0.3) is 0 Å². The van der Waals surface area contributed by atoms with Crippen LogP contribution in [0, 0.1) is 0 Å². The molecule has 0 atom stereocenters. The zero-order valence-electron chi connectivity index (χ0n) is 11.9. The first-order valence-electron chi connectivity index (χ1n) is 7.17. The van der Waals surface area contributed by atoms with E-state index in [1.165, 1.54) is 43.5 Å². The normalized spacial score (nSPS) is 10.2. The van der Waals surface area contributed by atoms with Crippen molar-refractivity contribution >= 4 is 11.9 Å². The highest BCUT2D eigenvalue weighted by Crippen LogP contribution is 2.14. The van der Waals surface area contributed by atoms with E-state index in [2.05, 4.69) is 6.92 Å². The second kappa shape index (κ2) is 9.13. The first kappa shape index (κ1) is 16.2. The van der Waals surface area contributed by atoms with E-state index in [1.54, 1.807) is 0 Å². The summed E-state index contributed by atoms with van der Waals surface area (Å²) in [6.45, 7) is 2.17. The van der Waals surface area contributed by atoms with Crippen LogP contribution in [0.3, 0.4) is 0 Å². The van der Waals surface area contributed by atoms with Crippen LogP contribution in [0.5, 0.6) is 5.75 Å². The molecule has 0 bridgehead atoms. The minimum Gasteiger partial charge on any atom is -0.478 e. The van der Waals surface area contributed by atoms with E-state index >= 15 is 0 Å². The largest absolute Gasteiger partial charge is 0.478 e. The van der Waals surface area contributed by atoms with Crippen LogP contribution in [0.4, 0.5) is 0 Å². The van der Waals surface area contributed by atoms with E-state index in [4.69, 9.17) is 9.84 Å². The van der Waals surface area contributed by atoms with Gasteiger partial charge in [-0.3, -0.25) is 4.79 Å². The molecule has 1 rings (SSSR count). The molecule has 0 heterocycles. The highest BCUT2D eigenvalue weighted by molar-refractivity contribution is 5.87. The van der Waals surface area contributed by atoms with Gasteiger partial charge in [-0.2, -0.15) is 0 Å². The quantitative estimate of drug-likeness (QED) is 0.420. The molecule has 0 aliphatic rings. The Morgan fingerprint density at radius 2 is 1.60 bits per heavy atom. The lowest BCUT2D eigenvalue weighted by atomic mass is 10.1. The Bertz CT molecular complexity index is 423. The Balaban J connectivity index is 2.23. The molecular weight excluding hydrogens is 256 g/mol. The van der Waals surface area contributed by atoms with Crippen molar-refractivity contribution in [3.8, 4) is 5.75 Å². The van der Waals surface area contributed by atoms with Gasteiger partial charge in [-0.1, -0.05) is 39.0 Å². The minimum absolute atomic E-state index is 0.181. The van der Waals surface area contributed by atoms with Gasteiger partial charge in [0.2, 0.25) is 0 Å². The van der Waals surface area contributed by atoms with Gasteiger partial charge in [0.15, 0.2) is 0 Å². The van der Waals surface area contributed by atoms with Crippen LogP contribution in [-0.2, 0) is 4.79 Å². The SMILES string of the molecule is CCCCCCCCC(=O)Oc1ccc(C(=O)O)cc1. The fourth-order valence-corrected chi connectivity index (χ4v) is 1.90. The molecule has 4 heteroatoms. The summed E-state index contributed by atoms with van der Waals surface area (Å²) >= 11 is 0. The molecule has 0 spiro atoms. The summed E-state index contributed by atoms with van der Waals surface area (Å²) < 4.78 is 5.14. The number of hydrogen-bond acceptors (Lipinski definition) is 3. The van der Waals surface area contributed by atoms with Crippen LogP contribution in [0.25, 0.3) is 0 Å². The molecule has 4 nitrogen and oxygen atoms in total. The summed E-state index contributed by atoms with van der Waals surface area (Å²) in [5, 5.41) is 8.75. The van der Waals surface area contributed by atoms with Crippen molar-refractivity contribution in [3.05, 3.63) is 29.8 Å². The van der Waals surface area contributed by atoms with Gasteiger partial charge < -0.3 is 9.84 Å². The number of esters is 1. The number of carbonyl (C=O) groups excluding carboxylic acids is 1. The smallest absolute Gasteiger partial charge is 0.335 e. The third-order valence-electron chi connectivity index (χ3n) is 3.07. The Hall–Kier alpha value is -1.84. The summed E-state index contributed by atoms with van der Waals surface area (Å²) in [5.41, 5.74) is 0.181. The summed E-state index contributed by atoms with van der Waals surface area (Å²) in [7, 11) is 0. The average Bonchev–Trinajstić information content (AvgIpc) is 2.43. The third-order valence-corrected chi connectivity index (χ3v) is 3.07. The van der Waals surface area contributed by atoms with Crippen LogP contribution in [0.1, 0.15) is 62.2 Å². The first-order chi connectivity index (χ1) is 9.63. The van der Waals surface area contributed by atoms with E-state index in [0.717, 1.165) is 19.3 Å². The lowest BCUT2D eigenvalue weighted by Crippen LogP contribution is -2.07. The van der Waals surface area contributed by atoms with Gasteiger partial charge in [-0.05, 0) is 30.7 Å². The molecule has 0 amide bonds. The minimum atomic E-state index is -0.991. The zero-order chi connectivity index (χ0) is 14.8. The van der Waals surface area contributed by atoms with Gasteiger partial charge in [0, 0.05) is 6.42 Å². The number of rotatable bonds is 9. The van der Waals surface area contributed by atoms with Crippen LogP contribution in [0.15, 0.2) is 24.3 Å². The number of ether oxygens (including phenoxy) is 1. The molecule has 0 aromatic heterocycles. The summed E-state index contributed by atoms with van der Waals surface area (Å²) in [6, 6.07) is 5.86. The molecule has 0 radical (unpaired) electrons. The van der Waals surface area contributed by atoms with Gasteiger partial charge >= 0.3 is 11.9 Å². The van der Waals surface area contributed by atoms with Crippen LogP contribution < -0.4 is 4.74 Å². The fraction of sp³-hybridized carbons (Fsp3) is 0.500. The van der Waals surface area contributed by atoms with Crippen molar-refractivity contribution in [2.45, 2.75) is 51.9 Å². The predicted molar refractivity (Wildman–Crippen MR) is 77.0 cm³/mol. The molecule has 20 heavy (non-hydrogen) atoms. The standard InChI is InChI=1S/C16H22O4/c1-2-3-4-5-6-7-8-15(17)20-14-11-9-13(10-12-14)16(18)19/h9-12H,2-8H2,1H3,(H,18,19). The van der Waals surface area contributed by atoms with Gasteiger partial charge in [0.05, 0.1) is 5.56 Å². The number of unbranched alkanes of at least 4 members (excludes halogenated alkanes) is 5. The molecule has 1 aromatic carbocycles. The molecule has 0 saturated carbocycles. The van der Waals surface area contributed by atoms with E-state index in [9.17, 15) is 9.59 Å². The van der Waals surface area contributed by atoms with Crippen LogP contribution in [-0.4, -0.2) is 17.0 Å². The summed E-state index contributed by atoms with van der Waals surface area (Å²) in [4.78, 5) is 22.3. The highest BCUT2D eigenvalue weighted by atomic mass is 16.5. The maximum atomic E-state index is 11.6. The molecular formula is C16H22O4. The zero-order valence-corrected chi connectivity index (χ0v) is 11.9. The highest BCUT2D eigenvalue weighted by Gasteiger charge is 2.06. The first-order valence-corrected chi connectivity index (χ1v) is 7.17. The van der Waals surface area contributed by atoms with Crippen LogP contribution >= 0.6 is 0 Å².